The van der Waals surface area contributed by atoms with Crippen molar-refractivity contribution in [1.82, 2.24) is 14.8 Å². The maximum atomic E-state index is 12.9. The third-order valence-corrected chi connectivity index (χ3v) is 6.58. The highest BCUT2D eigenvalue weighted by Gasteiger charge is 2.32. The van der Waals surface area contributed by atoms with E-state index in [2.05, 4.69) is 15.4 Å². The Kier molecular flexibility index (Phi) is 5.15. The van der Waals surface area contributed by atoms with Gasteiger partial charge in [0, 0.05) is 12.4 Å². The van der Waals surface area contributed by atoms with Gasteiger partial charge in [-0.05, 0) is 30.5 Å². The molecule has 4 rings (SSSR count). The summed E-state index contributed by atoms with van der Waals surface area (Å²) in [5.74, 6) is 0.954. The standard InChI is InChI=1S/C19H24N4O2S/c24-15-12-26-17(13-8-10-20-11-9-13)16-18(21-15)23(22-19(16)25)14-6-4-2-1-3-5-7-14/h8-11,14,17H,1-7,12H2,(H,21,24)(H,22,25)/t17-/m1/s1. The highest BCUT2D eigenvalue weighted by atomic mass is 32.2. The van der Waals surface area contributed by atoms with Crippen molar-refractivity contribution in [2.24, 2.45) is 0 Å². The number of rotatable bonds is 2. The molecule has 2 aromatic heterocycles. The lowest BCUT2D eigenvalue weighted by atomic mass is 9.97. The summed E-state index contributed by atoms with van der Waals surface area (Å²) in [7, 11) is 0. The monoisotopic (exact) mass is 372 g/mol. The molecule has 1 aliphatic heterocycles. The SMILES string of the molecule is O=C1CS[C@H](c2ccncc2)c2c(n(C3CCCCCCC3)[nH]c2=O)N1. The number of aromatic nitrogens is 3. The average molecular weight is 372 g/mol. The van der Waals surface area contributed by atoms with Gasteiger partial charge in [0.25, 0.3) is 5.56 Å². The summed E-state index contributed by atoms with van der Waals surface area (Å²) >= 11 is 1.50. The molecule has 1 amide bonds. The summed E-state index contributed by atoms with van der Waals surface area (Å²) in [6.07, 6.45) is 11.7. The van der Waals surface area contributed by atoms with E-state index in [0.717, 1.165) is 31.2 Å². The van der Waals surface area contributed by atoms with Gasteiger partial charge in [-0.3, -0.25) is 24.4 Å². The fourth-order valence-electron chi connectivity index (χ4n) is 4.01. The third kappa shape index (κ3) is 3.45. The largest absolute Gasteiger partial charge is 0.310 e. The van der Waals surface area contributed by atoms with Crippen LogP contribution in [-0.4, -0.2) is 26.4 Å². The van der Waals surface area contributed by atoms with Crippen molar-refractivity contribution >= 4 is 23.5 Å². The van der Waals surface area contributed by atoms with E-state index in [-0.39, 0.29) is 22.8 Å². The minimum absolute atomic E-state index is 0.0496. The first-order valence-corrected chi connectivity index (χ1v) is 10.4. The van der Waals surface area contributed by atoms with Gasteiger partial charge in [0.2, 0.25) is 5.91 Å². The van der Waals surface area contributed by atoms with Crippen LogP contribution in [0.25, 0.3) is 0 Å². The zero-order valence-electron chi connectivity index (χ0n) is 14.7. The second kappa shape index (κ2) is 7.70. The Morgan fingerprint density at radius 1 is 1.04 bits per heavy atom. The molecule has 6 nitrogen and oxygen atoms in total. The van der Waals surface area contributed by atoms with Crippen LogP contribution in [0.4, 0.5) is 5.82 Å². The number of aromatic amines is 1. The zero-order chi connectivity index (χ0) is 17.9. The van der Waals surface area contributed by atoms with E-state index in [9.17, 15) is 9.59 Å². The lowest BCUT2D eigenvalue weighted by Gasteiger charge is -2.23. The summed E-state index contributed by atoms with van der Waals surface area (Å²) < 4.78 is 1.95. The molecule has 138 valence electrons. The van der Waals surface area contributed by atoms with Crippen LogP contribution in [0.2, 0.25) is 0 Å². The topological polar surface area (TPSA) is 79.8 Å². The molecule has 0 radical (unpaired) electrons. The van der Waals surface area contributed by atoms with Gasteiger partial charge in [-0.1, -0.05) is 32.1 Å². The molecule has 1 fully saturated rings. The molecule has 0 aromatic carbocycles. The predicted molar refractivity (Wildman–Crippen MR) is 104 cm³/mol. The van der Waals surface area contributed by atoms with E-state index in [0.29, 0.717) is 17.1 Å². The van der Waals surface area contributed by atoms with Crippen molar-refractivity contribution in [3.8, 4) is 0 Å². The number of carbonyl (C=O) groups excluding carboxylic acids is 1. The van der Waals surface area contributed by atoms with Gasteiger partial charge < -0.3 is 5.32 Å². The Labute approximate surface area is 156 Å². The van der Waals surface area contributed by atoms with E-state index in [4.69, 9.17) is 0 Å². The lowest BCUT2D eigenvalue weighted by molar-refractivity contribution is -0.113. The van der Waals surface area contributed by atoms with Crippen LogP contribution in [0.15, 0.2) is 29.3 Å². The second-order valence-corrected chi connectivity index (χ2v) is 8.19. The maximum Gasteiger partial charge on any atom is 0.270 e. The van der Waals surface area contributed by atoms with Gasteiger partial charge in [-0.25, -0.2) is 0 Å². The summed E-state index contributed by atoms with van der Waals surface area (Å²) in [6, 6.07) is 4.08. The molecular formula is C19H24N4O2S. The first-order chi connectivity index (χ1) is 12.7. The zero-order valence-corrected chi connectivity index (χ0v) is 15.6. The smallest absolute Gasteiger partial charge is 0.270 e. The Hall–Kier alpha value is -2.02. The normalized spacial score (nSPS) is 22.0. The summed E-state index contributed by atoms with van der Waals surface area (Å²) in [4.78, 5) is 29.3. The fourth-order valence-corrected chi connectivity index (χ4v) is 5.14. The van der Waals surface area contributed by atoms with E-state index in [1.54, 1.807) is 12.4 Å². The minimum atomic E-state index is -0.162. The molecule has 0 bridgehead atoms. The Morgan fingerprint density at radius 2 is 1.73 bits per heavy atom. The quantitative estimate of drug-likeness (QED) is 0.844. The van der Waals surface area contributed by atoms with Gasteiger partial charge in [0.1, 0.15) is 5.82 Å². The van der Waals surface area contributed by atoms with Crippen LogP contribution in [-0.2, 0) is 4.79 Å². The van der Waals surface area contributed by atoms with Gasteiger partial charge in [-0.2, -0.15) is 0 Å². The van der Waals surface area contributed by atoms with Crippen molar-refractivity contribution in [3.63, 3.8) is 0 Å². The number of carbonyl (C=O) groups is 1. The number of nitrogens with zero attached hydrogens (tertiary/aromatic N) is 2. The number of amides is 1. The maximum absolute atomic E-state index is 12.9. The van der Waals surface area contributed by atoms with Gasteiger partial charge in [0.15, 0.2) is 0 Å². The highest BCUT2D eigenvalue weighted by Crippen LogP contribution is 2.41. The minimum Gasteiger partial charge on any atom is -0.310 e. The Morgan fingerprint density at radius 3 is 2.46 bits per heavy atom. The molecule has 1 aliphatic carbocycles. The molecule has 2 aromatic rings. The Balaban J connectivity index is 1.77. The van der Waals surface area contributed by atoms with Crippen molar-refractivity contribution < 1.29 is 4.79 Å². The van der Waals surface area contributed by atoms with E-state index in [1.165, 1.54) is 31.0 Å². The molecule has 2 N–H and O–H groups in total. The summed E-state index contributed by atoms with van der Waals surface area (Å²) in [5.41, 5.74) is 1.57. The first-order valence-electron chi connectivity index (χ1n) is 9.40. The molecule has 0 spiro atoms. The number of hydrogen-bond donors (Lipinski definition) is 2. The van der Waals surface area contributed by atoms with E-state index >= 15 is 0 Å². The summed E-state index contributed by atoms with van der Waals surface area (Å²) in [5, 5.41) is 5.88. The van der Waals surface area contributed by atoms with Crippen LogP contribution in [0, 0.1) is 0 Å². The van der Waals surface area contributed by atoms with Gasteiger partial charge >= 0.3 is 0 Å². The fraction of sp³-hybridized carbons (Fsp3) is 0.526. The predicted octanol–water partition coefficient (Wildman–Crippen LogP) is 3.63. The average Bonchev–Trinajstić information content (AvgIpc) is 2.82. The van der Waals surface area contributed by atoms with Crippen molar-refractivity contribution in [1.29, 1.82) is 0 Å². The van der Waals surface area contributed by atoms with Crippen LogP contribution in [0.5, 0.6) is 0 Å². The summed E-state index contributed by atoms with van der Waals surface area (Å²) in [6.45, 7) is 0. The van der Waals surface area contributed by atoms with Crippen molar-refractivity contribution in [3.05, 3.63) is 46.0 Å². The van der Waals surface area contributed by atoms with Crippen LogP contribution >= 0.6 is 11.8 Å². The molecule has 1 saturated carbocycles. The number of nitrogens with one attached hydrogen (secondary N) is 2. The highest BCUT2D eigenvalue weighted by molar-refractivity contribution is 8.00. The van der Waals surface area contributed by atoms with E-state index < -0.39 is 0 Å². The molecular weight excluding hydrogens is 348 g/mol. The molecule has 2 aliphatic rings. The van der Waals surface area contributed by atoms with Crippen molar-refractivity contribution in [2.45, 2.75) is 56.2 Å². The number of H-pyrrole nitrogens is 1. The number of fused-ring (bicyclic) bond motifs is 1. The lowest BCUT2D eigenvalue weighted by Crippen LogP contribution is -2.20. The first kappa shape index (κ1) is 17.4. The molecule has 7 heteroatoms. The van der Waals surface area contributed by atoms with Gasteiger partial charge in [0.05, 0.1) is 22.6 Å². The number of thioether (sulfide) groups is 1. The number of anilines is 1. The molecule has 3 heterocycles. The molecule has 1 atom stereocenters. The van der Waals surface area contributed by atoms with Crippen LogP contribution < -0.4 is 10.9 Å². The van der Waals surface area contributed by atoms with Crippen LogP contribution in [0.1, 0.15) is 67.4 Å². The van der Waals surface area contributed by atoms with E-state index in [1.807, 2.05) is 16.8 Å². The number of pyridine rings is 1. The Bertz CT molecular complexity index is 822. The second-order valence-electron chi connectivity index (χ2n) is 7.09. The van der Waals surface area contributed by atoms with Gasteiger partial charge in [-0.15, -0.1) is 11.8 Å². The number of hydrogen-bond acceptors (Lipinski definition) is 4. The third-order valence-electron chi connectivity index (χ3n) is 5.31. The van der Waals surface area contributed by atoms with Crippen molar-refractivity contribution in [2.75, 3.05) is 11.1 Å². The molecule has 0 saturated heterocycles. The molecule has 0 unspecified atom stereocenters. The molecule has 26 heavy (non-hydrogen) atoms. The van der Waals surface area contributed by atoms with Crippen LogP contribution in [0.3, 0.4) is 0 Å².